The lowest BCUT2D eigenvalue weighted by atomic mass is 10.1. The van der Waals surface area contributed by atoms with Crippen LogP contribution in [0.2, 0.25) is 0 Å². The molecule has 0 heterocycles. The average molecular weight is 601 g/mol. The molecule has 0 fully saturated rings. The number of hydrogen-bond acceptors (Lipinski definition) is 7. The van der Waals surface area contributed by atoms with Crippen molar-refractivity contribution in [2.75, 3.05) is 13.2 Å². The van der Waals surface area contributed by atoms with Crippen LogP contribution in [-0.4, -0.2) is 52.3 Å². The first kappa shape index (κ1) is 39.0. The molecule has 0 aliphatic rings. The van der Waals surface area contributed by atoms with Gasteiger partial charge in [0.1, 0.15) is 6.61 Å². The highest BCUT2D eigenvalue weighted by Crippen LogP contribution is 2.35. The second-order valence-electron chi connectivity index (χ2n) is 9.93. The third kappa shape index (κ3) is 29.3. The average Bonchev–Trinajstić information content (AvgIpc) is 2.92. The van der Waals surface area contributed by atoms with E-state index in [0.29, 0.717) is 25.7 Å². The highest BCUT2D eigenvalue weighted by Gasteiger charge is 2.22. The van der Waals surface area contributed by atoms with Crippen molar-refractivity contribution < 1.29 is 43.0 Å². The minimum Gasteiger partial charge on any atom is -0.462 e. The van der Waals surface area contributed by atoms with Gasteiger partial charge in [0.15, 0.2) is 6.10 Å². The monoisotopic (exact) mass is 600 g/mol. The first-order chi connectivity index (χ1) is 19.7. The molecule has 0 bridgehead atoms. The molecule has 0 saturated carbocycles. The smallest absolute Gasteiger partial charge is 0.462 e. The van der Waals surface area contributed by atoms with Crippen LogP contribution in [0.25, 0.3) is 0 Å². The summed E-state index contributed by atoms with van der Waals surface area (Å²) in [7, 11) is -4.76. The van der Waals surface area contributed by atoms with E-state index in [1.165, 1.54) is 19.3 Å². The summed E-state index contributed by atoms with van der Waals surface area (Å²) in [6.45, 7) is 3.37. The second-order valence-corrected chi connectivity index (χ2v) is 11.2. The molecule has 0 aromatic heterocycles. The molecule has 0 aromatic carbocycles. The van der Waals surface area contributed by atoms with Crippen molar-refractivity contribution in [3.63, 3.8) is 0 Å². The molecular weight excluding hydrogens is 547 g/mol. The number of carbonyl (C=O) groups is 2. The molecule has 0 amide bonds. The molecule has 41 heavy (non-hydrogen) atoms. The van der Waals surface area contributed by atoms with Crippen molar-refractivity contribution >= 4 is 19.8 Å². The molecule has 0 saturated heterocycles. The number of unbranched alkanes of at least 4 members (excludes halogenated alkanes) is 8. The Hall–Kier alpha value is -2.03. The van der Waals surface area contributed by atoms with Crippen LogP contribution in [0, 0.1) is 0 Å². The molecule has 0 unspecified atom stereocenters. The molecule has 0 aliphatic carbocycles. The molecule has 3 N–H and O–H groups in total. The summed E-state index contributed by atoms with van der Waals surface area (Å²) in [5.41, 5.74) is 0. The van der Waals surface area contributed by atoms with Gasteiger partial charge in [-0.3, -0.25) is 14.1 Å². The Bertz CT molecular complexity index is 829. The van der Waals surface area contributed by atoms with Crippen molar-refractivity contribution in [1.82, 2.24) is 0 Å². The largest absolute Gasteiger partial charge is 0.469 e. The number of aliphatic hydroxyl groups excluding tert-OH is 1. The van der Waals surface area contributed by atoms with Crippen molar-refractivity contribution in [3.8, 4) is 0 Å². The highest BCUT2D eigenvalue weighted by atomic mass is 31.2. The van der Waals surface area contributed by atoms with E-state index in [1.807, 2.05) is 36.5 Å². The van der Waals surface area contributed by atoms with Crippen LogP contribution in [0.1, 0.15) is 110 Å². The number of rotatable bonds is 26. The second kappa shape index (κ2) is 26.8. The Kier molecular flexibility index (Phi) is 25.5. The number of carbonyl (C=O) groups excluding carboxylic acids is 2. The van der Waals surface area contributed by atoms with E-state index in [4.69, 9.17) is 19.3 Å². The third-order valence-corrected chi connectivity index (χ3v) is 6.42. The van der Waals surface area contributed by atoms with Gasteiger partial charge in [-0.2, -0.15) is 0 Å². The maximum atomic E-state index is 12.1. The molecule has 0 radical (unpaired) electrons. The van der Waals surface area contributed by atoms with Crippen LogP contribution >= 0.6 is 7.82 Å². The fourth-order valence-electron chi connectivity index (χ4n) is 3.62. The Morgan fingerprint density at radius 1 is 0.756 bits per heavy atom. The van der Waals surface area contributed by atoms with Gasteiger partial charge < -0.3 is 24.4 Å². The normalized spacial score (nSPS) is 14.0. The topological polar surface area (TPSA) is 140 Å². The van der Waals surface area contributed by atoms with Crippen molar-refractivity contribution in [1.29, 1.82) is 0 Å². The van der Waals surface area contributed by atoms with E-state index < -0.39 is 38.6 Å². The lowest BCUT2D eigenvalue weighted by Crippen LogP contribution is -2.29. The zero-order valence-corrected chi connectivity index (χ0v) is 25.9. The van der Waals surface area contributed by atoms with Crippen molar-refractivity contribution in [3.05, 3.63) is 48.6 Å². The van der Waals surface area contributed by atoms with Gasteiger partial charge in [0, 0.05) is 12.8 Å². The maximum Gasteiger partial charge on any atom is 0.469 e. The summed E-state index contributed by atoms with van der Waals surface area (Å²) in [4.78, 5) is 42.0. The molecule has 2 atom stereocenters. The first-order valence-corrected chi connectivity index (χ1v) is 16.6. The number of phosphoric ester groups is 1. The third-order valence-electron chi connectivity index (χ3n) is 5.93. The molecule has 236 valence electrons. The summed E-state index contributed by atoms with van der Waals surface area (Å²) < 4.78 is 25.8. The quantitative estimate of drug-likeness (QED) is 0.0314. The summed E-state index contributed by atoms with van der Waals surface area (Å²) >= 11 is 0. The minimum atomic E-state index is -4.76. The number of hydrogen-bond donors (Lipinski definition) is 3. The van der Waals surface area contributed by atoms with Gasteiger partial charge in [0.2, 0.25) is 0 Å². The summed E-state index contributed by atoms with van der Waals surface area (Å²) in [6, 6.07) is 0. The predicted octanol–water partition coefficient (Wildman–Crippen LogP) is 7.03. The molecule has 9 nitrogen and oxygen atoms in total. The molecular formula is C31H53O9P. The first-order valence-electron chi connectivity index (χ1n) is 15.0. The van der Waals surface area contributed by atoms with Crippen LogP contribution in [0.5, 0.6) is 0 Å². The number of phosphoric acid groups is 1. The van der Waals surface area contributed by atoms with Crippen LogP contribution in [0.15, 0.2) is 48.6 Å². The van der Waals surface area contributed by atoms with Gasteiger partial charge in [0.25, 0.3) is 0 Å². The van der Waals surface area contributed by atoms with Crippen molar-refractivity contribution in [2.45, 2.75) is 122 Å². The zero-order valence-electron chi connectivity index (χ0n) is 25.0. The highest BCUT2D eigenvalue weighted by molar-refractivity contribution is 7.46. The molecule has 10 heteroatoms. The van der Waals surface area contributed by atoms with E-state index in [-0.39, 0.29) is 19.4 Å². The molecule has 0 spiro atoms. The van der Waals surface area contributed by atoms with Gasteiger partial charge in [-0.15, -0.1) is 0 Å². The number of allylic oxidation sites excluding steroid dienone is 6. The van der Waals surface area contributed by atoms with E-state index >= 15 is 0 Å². The van der Waals surface area contributed by atoms with Crippen LogP contribution in [0.3, 0.4) is 0 Å². The Morgan fingerprint density at radius 3 is 2.15 bits per heavy atom. The Balaban J connectivity index is 4.17. The van der Waals surface area contributed by atoms with E-state index in [9.17, 15) is 19.3 Å². The molecule has 0 aliphatic heterocycles. The minimum absolute atomic E-state index is 0.156. The van der Waals surface area contributed by atoms with Gasteiger partial charge in [0.05, 0.1) is 12.7 Å². The zero-order chi connectivity index (χ0) is 30.6. The van der Waals surface area contributed by atoms with Crippen LogP contribution < -0.4 is 0 Å². The Labute approximate surface area is 247 Å². The van der Waals surface area contributed by atoms with Gasteiger partial charge in [-0.05, 0) is 44.9 Å². The summed E-state index contributed by atoms with van der Waals surface area (Å²) in [5, 5.41) is 9.96. The summed E-state index contributed by atoms with van der Waals surface area (Å²) in [6.07, 6.45) is 26.4. The Morgan fingerprint density at radius 2 is 1.41 bits per heavy atom. The maximum absolute atomic E-state index is 12.1. The van der Waals surface area contributed by atoms with Crippen LogP contribution in [0.4, 0.5) is 0 Å². The fourth-order valence-corrected chi connectivity index (χ4v) is 3.98. The van der Waals surface area contributed by atoms with Gasteiger partial charge in [-0.1, -0.05) is 101 Å². The predicted molar refractivity (Wildman–Crippen MR) is 162 cm³/mol. The van der Waals surface area contributed by atoms with Crippen molar-refractivity contribution in [2.24, 2.45) is 0 Å². The molecule has 0 rings (SSSR count). The van der Waals surface area contributed by atoms with E-state index in [0.717, 1.165) is 38.5 Å². The number of esters is 2. The fraction of sp³-hybridized carbons (Fsp3) is 0.677. The SMILES string of the molecule is CCCCC/C=C\C=C/[C@@H](O)C/C=C\C/C=C/CCCC(=O)OC[C@H](COP(=O)(O)O)OC(=O)CCCCCCC. The lowest BCUT2D eigenvalue weighted by molar-refractivity contribution is -0.161. The van der Waals surface area contributed by atoms with Gasteiger partial charge >= 0.3 is 19.8 Å². The van der Waals surface area contributed by atoms with E-state index in [2.05, 4.69) is 24.4 Å². The standard InChI is InChI=1S/C31H53O9P/c1-3-5-7-9-11-15-18-22-28(32)23-19-16-12-10-13-17-20-24-30(33)38-26-29(27-39-41(35,36)37)40-31(34)25-21-14-8-6-4-2/h10-11,13,15-16,18-19,22,28-29,32H,3-9,12,14,17,20-21,23-27H2,1-2H3,(H2,35,36,37)/b13-10+,15-11-,19-16-,22-18-/t28-,29-/m1/s1. The summed E-state index contributed by atoms with van der Waals surface area (Å²) in [5.74, 6) is -1.01. The number of ether oxygens (including phenoxy) is 2. The number of aliphatic hydroxyl groups is 1. The van der Waals surface area contributed by atoms with Gasteiger partial charge in [-0.25, -0.2) is 4.57 Å². The molecule has 0 aromatic rings. The van der Waals surface area contributed by atoms with E-state index in [1.54, 1.807) is 6.08 Å². The lowest BCUT2D eigenvalue weighted by Gasteiger charge is -2.18. The van der Waals surface area contributed by atoms with Crippen LogP contribution in [-0.2, 0) is 28.2 Å².